The molecule has 0 bridgehead atoms. The fraction of sp³-hybridized carbons (Fsp3) is 0.588. The number of aryl methyl sites for hydroxylation is 1. The fourth-order valence-corrected chi connectivity index (χ4v) is 3.24. The molecule has 0 radical (unpaired) electrons. The van der Waals surface area contributed by atoms with Crippen LogP contribution in [-0.4, -0.2) is 41.6 Å². The topological polar surface area (TPSA) is 32.3 Å². The standard InChI is InChI=1S/C17H26N2OS/c1-13(2)16-18-15(17(20)19(16)11-12-21-3)10-9-14-7-5-4-6-8-14/h4-8,13,15-16,18H,9-12H2,1-3H3. The molecule has 3 nitrogen and oxygen atoms in total. The van der Waals surface area contributed by atoms with Gasteiger partial charge in [0.25, 0.3) is 0 Å². The lowest BCUT2D eigenvalue weighted by atomic mass is 10.1. The summed E-state index contributed by atoms with van der Waals surface area (Å²) in [5.41, 5.74) is 1.30. The van der Waals surface area contributed by atoms with Gasteiger partial charge in [0.2, 0.25) is 5.91 Å². The lowest BCUT2D eigenvalue weighted by Gasteiger charge is -2.26. The van der Waals surface area contributed by atoms with Crippen molar-refractivity contribution in [2.24, 2.45) is 5.92 Å². The molecule has 1 amide bonds. The molecule has 2 rings (SSSR count). The first-order chi connectivity index (χ1) is 10.1. The minimum absolute atomic E-state index is 0.0283. The highest BCUT2D eigenvalue weighted by Crippen LogP contribution is 2.20. The van der Waals surface area contributed by atoms with Crippen LogP contribution >= 0.6 is 11.8 Å². The Balaban J connectivity index is 1.96. The predicted octanol–water partition coefficient (Wildman–Crippen LogP) is 2.76. The molecule has 1 saturated heterocycles. The first kappa shape index (κ1) is 16.4. The van der Waals surface area contributed by atoms with Crippen LogP contribution in [0.3, 0.4) is 0 Å². The summed E-state index contributed by atoms with van der Waals surface area (Å²) in [5.74, 6) is 1.72. The lowest BCUT2D eigenvalue weighted by molar-refractivity contribution is -0.130. The Morgan fingerprint density at radius 3 is 2.62 bits per heavy atom. The van der Waals surface area contributed by atoms with Crippen LogP contribution in [0.1, 0.15) is 25.8 Å². The third kappa shape index (κ3) is 4.24. The first-order valence-electron chi connectivity index (χ1n) is 7.73. The number of carbonyl (C=O) groups is 1. The molecule has 21 heavy (non-hydrogen) atoms. The van der Waals surface area contributed by atoms with Gasteiger partial charge >= 0.3 is 0 Å². The summed E-state index contributed by atoms with van der Waals surface area (Å²) >= 11 is 1.79. The van der Waals surface area contributed by atoms with E-state index in [1.165, 1.54) is 5.56 Å². The Kier molecular flexibility index (Phi) is 6.12. The molecular formula is C17H26N2OS. The van der Waals surface area contributed by atoms with Gasteiger partial charge in [0.15, 0.2) is 0 Å². The van der Waals surface area contributed by atoms with Gasteiger partial charge in [-0.25, -0.2) is 0 Å². The summed E-state index contributed by atoms with van der Waals surface area (Å²) in [6.07, 6.45) is 4.10. The molecule has 1 aliphatic heterocycles. The van der Waals surface area contributed by atoms with E-state index in [-0.39, 0.29) is 18.1 Å². The van der Waals surface area contributed by atoms with Crippen molar-refractivity contribution in [3.63, 3.8) is 0 Å². The molecular weight excluding hydrogens is 280 g/mol. The van der Waals surface area contributed by atoms with Crippen LogP contribution in [0, 0.1) is 5.92 Å². The number of hydrogen-bond donors (Lipinski definition) is 1. The second kappa shape index (κ2) is 7.85. The number of nitrogens with zero attached hydrogens (tertiary/aromatic N) is 1. The van der Waals surface area contributed by atoms with E-state index in [4.69, 9.17) is 0 Å². The van der Waals surface area contributed by atoms with E-state index in [1.807, 2.05) is 11.0 Å². The van der Waals surface area contributed by atoms with Gasteiger partial charge in [0.05, 0.1) is 12.2 Å². The van der Waals surface area contributed by atoms with Gasteiger partial charge in [-0.05, 0) is 30.6 Å². The summed E-state index contributed by atoms with van der Waals surface area (Å²) in [7, 11) is 0. The third-order valence-corrected chi connectivity index (χ3v) is 4.61. The molecule has 2 atom stereocenters. The highest BCUT2D eigenvalue weighted by Gasteiger charge is 2.39. The molecule has 0 aromatic heterocycles. The zero-order chi connectivity index (χ0) is 15.2. The SMILES string of the molecule is CSCCN1C(=O)C(CCc2ccccc2)NC1C(C)C. The van der Waals surface area contributed by atoms with Crippen molar-refractivity contribution in [2.45, 2.75) is 38.9 Å². The number of rotatable bonds is 7. The van der Waals surface area contributed by atoms with Gasteiger partial charge < -0.3 is 4.90 Å². The maximum Gasteiger partial charge on any atom is 0.241 e. The molecule has 1 aromatic rings. The molecule has 116 valence electrons. The summed E-state index contributed by atoms with van der Waals surface area (Å²) < 4.78 is 0. The third-order valence-electron chi connectivity index (χ3n) is 4.02. The zero-order valence-electron chi connectivity index (χ0n) is 13.2. The number of carbonyl (C=O) groups excluding carboxylic acids is 1. The largest absolute Gasteiger partial charge is 0.325 e. The molecule has 0 spiro atoms. The zero-order valence-corrected chi connectivity index (χ0v) is 14.0. The second-order valence-corrected chi connectivity index (χ2v) is 6.94. The van der Waals surface area contributed by atoms with E-state index < -0.39 is 0 Å². The molecule has 2 unspecified atom stereocenters. The van der Waals surface area contributed by atoms with Crippen molar-refractivity contribution >= 4 is 17.7 Å². The van der Waals surface area contributed by atoms with Crippen LogP contribution in [0.4, 0.5) is 0 Å². The Morgan fingerprint density at radius 1 is 1.29 bits per heavy atom. The Bertz CT molecular complexity index is 449. The second-order valence-electron chi connectivity index (χ2n) is 5.96. The summed E-state index contributed by atoms with van der Waals surface area (Å²) in [4.78, 5) is 14.6. The van der Waals surface area contributed by atoms with Gasteiger partial charge in [-0.3, -0.25) is 10.1 Å². The van der Waals surface area contributed by atoms with Crippen molar-refractivity contribution in [3.05, 3.63) is 35.9 Å². The normalized spacial score (nSPS) is 22.3. The van der Waals surface area contributed by atoms with Crippen molar-refractivity contribution in [2.75, 3.05) is 18.6 Å². The van der Waals surface area contributed by atoms with Gasteiger partial charge in [-0.2, -0.15) is 11.8 Å². The van der Waals surface area contributed by atoms with Crippen LogP contribution in [-0.2, 0) is 11.2 Å². The quantitative estimate of drug-likeness (QED) is 0.841. The number of hydrogen-bond acceptors (Lipinski definition) is 3. The molecule has 4 heteroatoms. The van der Waals surface area contributed by atoms with Gasteiger partial charge in [0, 0.05) is 12.3 Å². The number of amides is 1. The smallest absolute Gasteiger partial charge is 0.241 e. The van der Waals surface area contributed by atoms with Gasteiger partial charge in [-0.1, -0.05) is 44.2 Å². The van der Waals surface area contributed by atoms with E-state index in [2.05, 4.69) is 49.7 Å². The predicted molar refractivity (Wildman–Crippen MR) is 90.4 cm³/mol. The van der Waals surface area contributed by atoms with Crippen LogP contribution in [0.5, 0.6) is 0 Å². The Morgan fingerprint density at radius 2 is 2.00 bits per heavy atom. The minimum Gasteiger partial charge on any atom is -0.325 e. The van der Waals surface area contributed by atoms with Crippen molar-refractivity contribution in [1.29, 1.82) is 0 Å². The van der Waals surface area contributed by atoms with Gasteiger partial charge in [-0.15, -0.1) is 0 Å². The summed E-state index contributed by atoms with van der Waals surface area (Å²) in [5, 5.41) is 3.54. The van der Waals surface area contributed by atoms with E-state index in [1.54, 1.807) is 11.8 Å². The number of nitrogens with one attached hydrogen (secondary N) is 1. The summed E-state index contributed by atoms with van der Waals surface area (Å²) in [6.45, 7) is 5.20. The number of benzene rings is 1. The summed E-state index contributed by atoms with van der Waals surface area (Å²) in [6, 6.07) is 10.4. The molecule has 0 aliphatic carbocycles. The van der Waals surface area contributed by atoms with Crippen molar-refractivity contribution in [3.8, 4) is 0 Å². The maximum atomic E-state index is 12.6. The van der Waals surface area contributed by atoms with Crippen molar-refractivity contribution < 1.29 is 4.79 Å². The molecule has 0 saturated carbocycles. The van der Waals surface area contributed by atoms with E-state index in [9.17, 15) is 4.79 Å². The van der Waals surface area contributed by atoms with Crippen LogP contribution in [0.15, 0.2) is 30.3 Å². The van der Waals surface area contributed by atoms with E-state index >= 15 is 0 Å². The Labute approximate surface area is 132 Å². The lowest BCUT2D eigenvalue weighted by Crippen LogP contribution is -2.42. The van der Waals surface area contributed by atoms with Crippen LogP contribution in [0.25, 0.3) is 0 Å². The maximum absolute atomic E-state index is 12.6. The first-order valence-corrected chi connectivity index (χ1v) is 9.12. The fourth-order valence-electron chi connectivity index (χ4n) is 2.86. The minimum atomic E-state index is -0.0283. The molecule has 1 aliphatic rings. The average Bonchev–Trinajstić information content (AvgIpc) is 2.81. The van der Waals surface area contributed by atoms with Crippen molar-refractivity contribution in [1.82, 2.24) is 10.2 Å². The highest BCUT2D eigenvalue weighted by molar-refractivity contribution is 7.98. The van der Waals surface area contributed by atoms with E-state index in [0.717, 1.165) is 25.1 Å². The monoisotopic (exact) mass is 306 g/mol. The molecule has 1 fully saturated rings. The average molecular weight is 306 g/mol. The number of thioether (sulfide) groups is 1. The molecule has 1 heterocycles. The van der Waals surface area contributed by atoms with Gasteiger partial charge in [0.1, 0.15) is 0 Å². The molecule has 1 aromatic carbocycles. The highest BCUT2D eigenvalue weighted by atomic mass is 32.2. The van der Waals surface area contributed by atoms with Crippen LogP contribution in [0.2, 0.25) is 0 Å². The van der Waals surface area contributed by atoms with Crippen LogP contribution < -0.4 is 5.32 Å². The van der Waals surface area contributed by atoms with E-state index in [0.29, 0.717) is 5.92 Å². The Hall–Kier alpha value is -1.00. The molecule has 1 N–H and O–H groups in total.